The van der Waals surface area contributed by atoms with E-state index < -0.39 is 5.82 Å². The molecule has 2 rings (SSSR count). The monoisotopic (exact) mass is 247 g/mol. The summed E-state index contributed by atoms with van der Waals surface area (Å²) in [6, 6.07) is 10.8. The van der Waals surface area contributed by atoms with Gasteiger partial charge in [0.15, 0.2) is 0 Å². The van der Waals surface area contributed by atoms with E-state index >= 15 is 0 Å². The van der Waals surface area contributed by atoms with Gasteiger partial charge in [0.1, 0.15) is 23.4 Å². The molecule has 0 saturated carbocycles. The van der Waals surface area contributed by atoms with Crippen molar-refractivity contribution in [2.45, 2.75) is 0 Å². The Labute approximate surface area is 102 Å². The Morgan fingerprint density at radius 3 is 2.88 bits per heavy atom. The topological polar surface area (TPSA) is 48.7 Å². The third kappa shape index (κ3) is 2.71. The zero-order valence-electron chi connectivity index (χ0n) is 8.61. The maximum absolute atomic E-state index is 13.0. The lowest BCUT2D eigenvalue weighted by Gasteiger charge is -2.07. The largest absolute Gasteiger partial charge is 0.339 e. The average molecular weight is 248 g/mol. The van der Waals surface area contributed by atoms with Crippen molar-refractivity contribution in [1.29, 1.82) is 5.26 Å². The molecular weight excluding hydrogens is 241 g/mol. The minimum atomic E-state index is -0.395. The van der Waals surface area contributed by atoms with Crippen LogP contribution in [0.3, 0.4) is 0 Å². The van der Waals surface area contributed by atoms with Gasteiger partial charge in [0.2, 0.25) is 0 Å². The molecule has 84 valence electrons. The van der Waals surface area contributed by atoms with E-state index in [-0.39, 0.29) is 5.69 Å². The molecule has 0 fully saturated rings. The summed E-state index contributed by atoms with van der Waals surface area (Å²) in [5, 5.41) is 11.9. The highest BCUT2D eigenvalue weighted by Crippen LogP contribution is 2.25. The second-order valence-corrected chi connectivity index (χ2v) is 3.68. The quantitative estimate of drug-likeness (QED) is 0.884. The number of aromatic nitrogens is 1. The highest BCUT2D eigenvalue weighted by molar-refractivity contribution is 6.33. The lowest BCUT2D eigenvalue weighted by molar-refractivity contribution is 0.628. The van der Waals surface area contributed by atoms with Crippen molar-refractivity contribution >= 4 is 23.1 Å². The molecule has 0 aliphatic carbocycles. The summed E-state index contributed by atoms with van der Waals surface area (Å²) >= 11 is 5.90. The van der Waals surface area contributed by atoms with Gasteiger partial charge in [-0.3, -0.25) is 0 Å². The van der Waals surface area contributed by atoms with Crippen LogP contribution in [0.15, 0.2) is 36.4 Å². The highest BCUT2D eigenvalue weighted by atomic mass is 35.5. The smallest absolute Gasteiger partial charge is 0.142 e. The molecular formula is C12H7ClFN3. The maximum Gasteiger partial charge on any atom is 0.142 e. The van der Waals surface area contributed by atoms with E-state index in [2.05, 4.69) is 10.3 Å². The molecule has 17 heavy (non-hydrogen) atoms. The van der Waals surface area contributed by atoms with Crippen LogP contribution in [0.5, 0.6) is 0 Å². The molecule has 1 heterocycles. The van der Waals surface area contributed by atoms with E-state index in [1.165, 1.54) is 18.2 Å². The summed E-state index contributed by atoms with van der Waals surface area (Å²) in [4.78, 5) is 4.00. The van der Waals surface area contributed by atoms with Crippen LogP contribution >= 0.6 is 11.6 Å². The number of pyridine rings is 1. The van der Waals surface area contributed by atoms with Gasteiger partial charge in [0.25, 0.3) is 0 Å². The van der Waals surface area contributed by atoms with Gasteiger partial charge in [-0.15, -0.1) is 0 Å². The molecule has 0 aliphatic heterocycles. The van der Waals surface area contributed by atoms with Crippen LogP contribution in [0.1, 0.15) is 5.69 Å². The molecule has 0 aliphatic rings. The second-order valence-electron chi connectivity index (χ2n) is 3.27. The fourth-order valence-corrected chi connectivity index (χ4v) is 1.46. The first kappa shape index (κ1) is 11.4. The summed E-state index contributed by atoms with van der Waals surface area (Å²) in [6.45, 7) is 0. The third-order valence-electron chi connectivity index (χ3n) is 2.05. The maximum atomic E-state index is 13.0. The fourth-order valence-electron chi connectivity index (χ4n) is 1.30. The molecule has 0 unspecified atom stereocenters. The molecule has 5 heteroatoms. The first-order chi connectivity index (χ1) is 8.19. The number of nitriles is 1. The molecule has 0 atom stereocenters. The fraction of sp³-hybridized carbons (Fsp3) is 0. The lowest BCUT2D eigenvalue weighted by Crippen LogP contribution is -1.96. The van der Waals surface area contributed by atoms with Gasteiger partial charge in [0.05, 0.1) is 10.7 Å². The number of anilines is 2. The normalized spacial score (nSPS) is 9.71. The van der Waals surface area contributed by atoms with Crippen LogP contribution in [0, 0.1) is 17.1 Å². The zero-order chi connectivity index (χ0) is 12.3. The Kier molecular flexibility index (Phi) is 3.22. The van der Waals surface area contributed by atoms with Gasteiger partial charge < -0.3 is 5.32 Å². The molecule has 0 amide bonds. The summed E-state index contributed by atoms with van der Waals surface area (Å²) < 4.78 is 13.0. The molecule has 0 bridgehead atoms. The van der Waals surface area contributed by atoms with Crippen LogP contribution in [0.2, 0.25) is 5.02 Å². The standard InChI is InChI=1S/C12H7ClFN3/c13-10-5-4-8(14)6-11(10)17-12-3-1-2-9(7-15)16-12/h1-6H,(H,16,17). The lowest BCUT2D eigenvalue weighted by atomic mass is 10.3. The van der Waals surface area contributed by atoms with Gasteiger partial charge >= 0.3 is 0 Å². The van der Waals surface area contributed by atoms with E-state index in [4.69, 9.17) is 16.9 Å². The number of hydrogen-bond acceptors (Lipinski definition) is 3. The Morgan fingerprint density at radius 2 is 2.12 bits per heavy atom. The number of rotatable bonds is 2. The zero-order valence-corrected chi connectivity index (χ0v) is 9.37. The van der Waals surface area contributed by atoms with Gasteiger partial charge in [-0.1, -0.05) is 17.7 Å². The van der Waals surface area contributed by atoms with Crippen molar-refractivity contribution in [2.24, 2.45) is 0 Å². The Balaban J connectivity index is 2.31. The molecule has 3 nitrogen and oxygen atoms in total. The predicted octanol–water partition coefficient (Wildman–Crippen LogP) is 3.49. The van der Waals surface area contributed by atoms with Crippen LogP contribution in [0.25, 0.3) is 0 Å². The number of nitrogens with one attached hydrogen (secondary N) is 1. The Hall–Kier alpha value is -2.12. The Bertz CT molecular complexity index is 593. The number of hydrogen-bond donors (Lipinski definition) is 1. The summed E-state index contributed by atoms with van der Waals surface area (Å²) in [6.07, 6.45) is 0. The van der Waals surface area contributed by atoms with Crippen LogP contribution in [0.4, 0.5) is 15.9 Å². The first-order valence-electron chi connectivity index (χ1n) is 4.78. The SMILES string of the molecule is N#Cc1cccc(Nc2cc(F)ccc2Cl)n1. The van der Waals surface area contributed by atoms with E-state index in [9.17, 15) is 4.39 Å². The van der Waals surface area contributed by atoms with Crippen molar-refractivity contribution in [3.63, 3.8) is 0 Å². The molecule has 1 aromatic carbocycles. The number of benzene rings is 1. The minimum Gasteiger partial charge on any atom is -0.339 e. The predicted molar refractivity (Wildman–Crippen MR) is 63.6 cm³/mol. The van der Waals surface area contributed by atoms with Crippen molar-refractivity contribution in [3.05, 3.63) is 52.9 Å². The van der Waals surface area contributed by atoms with Crippen LogP contribution in [-0.2, 0) is 0 Å². The molecule has 1 N–H and O–H groups in total. The van der Waals surface area contributed by atoms with Crippen LogP contribution in [-0.4, -0.2) is 4.98 Å². The third-order valence-corrected chi connectivity index (χ3v) is 2.38. The summed E-state index contributed by atoms with van der Waals surface area (Å²) in [7, 11) is 0. The summed E-state index contributed by atoms with van der Waals surface area (Å²) in [5.41, 5.74) is 0.691. The second kappa shape index (κ2) is 4.81. The van der Waals surface area contributed by atoms with E-state index in [1.807, 2.05) is 6.07 Å². The number of halogens is 2. The van der Waals surface area contributed by atoms with Gasteiger partial charge in [-0.05, 0) is 30.3 Å². The van der Waals surface area contributed by atoms with Crippen LogP contribution < -0.4 is 5.32 Å². The molecule has 2 aromatic rings. The molecule has 0 spiro atoms. The minimum absolute atomic E-state index is 0.280. The van der Waals surface area contributed by atoms with Gasteiger partial charge in [0, 0.05) is 0 Å². The Morgan fingerprint density at radius 1 is 1.29 bits per heavy atom. The van der Waals surface area contributed by atoms with Crippen molar-refractivity contribution < 1.29 is 4.39 Å². The van der Waals surface area contributed by atoms with Gasteiger partial charge in [-0.25, -0.2) is 9.37 Å². The van der Waals surface area contributed by atoms with Crippen molar-refractivity contribution in [1.82, 2.24) is 4.98 Å². The van der Waals surface area contributed by atoms with Gasteiger partial charge in [-0.2, -0.15) is 5.26 Å². The molecule has 1 aromatic heterocycles. The highest BCUT2D eigenvalue weighted by Gasteiger charge is 2.03. The molecule has 0 radical (unpaired) electrons. The first-order valence-corrected chi connectivity index (χ1v) is 5.16. The van der Waals surface area contributed by atoms with E-state index in [1.54, 1.807) is 18.2 Å². The van der Waals surface area contributed by atoms with Crippen molar-refractivity contribution in [2.75, 3.05) is 5.32 Å². The summed E-state index contributed by atoms with van der Waals surface area (Å²) in [5.74, 6) is 0.0462. The number of nitrogens with zero attached hydrogens (tertiary/aromatic N) is 2. The molecule has 0 saturated heterocycles. The van der Waals surface area contributed by atoms with Crippen molar-refractivity contribution in [3.8, 4) is 6.07 Å². The average Bonchev–Trinajstić information content (AvgIpc) is 2.34. The van der Waals surface area contributed by atoms with E-state index in [0.717, 1.165) is 0 Å². The van der Waals surface area contributed by atoms with E-state index in [0.29, 0.717) is 16.5 Å².